The van der Waals surface area contributed by atoms with Crippen LogP contribution in [0.4, 0.5) is 11.5 Å². The molecule has 0 radical (unpaired) electrons. The molecular formula is C22H25N3O6S. The second kappa shape index (κ2) is 9.17. The number of pyridine rings is 1. The average molecular weight is 460 g/mol. The lowest BCUT2D eigenvalue weighted by atomic mass is 10.1. The number of fused-ring (bicyclic) bond motifs is 1. The number of aromatic nitrogens is 1. The van der Waals surface area contributed by atoms with Crippen LogP contribution in [0.5, 0.6) is 0 Å². The Kier molecular flexibility index (Phi) is 6.33. The van der Waals surface area contributed by atoms with E-state index >= 15 is 0 Å². The lowest BCUT2D eigenvalue weighted by Gasteiger charge is -2.33. The molecule has 1 fully saturated rings. The number of furan rings is 1. The van der Waals surface area contributed by atoms with Gasteiger partial charge >= 0.3 is 5.97 Å². The molecule has 0 spiro atoms. The Morgan fingerprint density at radius 1 is 1.25 bits per heavy atom. The van der Waals surface area contributed by atoms with Gasteiger partial charge < -0.3 is 18.8 Å². The molecule has 0 aliphatic carbocycles. The first-order valence-electron chi connectivity index (χ1n) is 10.4. The van der Waals surface area contributed by atoms with E-state index in [4.69, 9.17) is 13.9 Å². The number of nitrogens with zero attached hydrogens (tertiary/aromatic N) is 2. The fourth-order valence-corrected chi connectivity index (χ4v) is 4.79. The minimum absolute atomic E-state index is 0.0163. The second-order valence-corrected chi connectivity index (χ2v) is 9.12. The smallest absolute Gasteiger partial charge is 0.374 e. The number of nitrogens with one attached hydrogen (secondary N) is 1. The van der Waals surface area contributed by atoms with E-state index in [9.17, 15) is 13.2 Å². The SMILES string of the molecule is CCOC(=O)c1cc2ccc(S(=O)(=O)Nc3cccnc3N3CCC(OC)CC3)cc2o1. The van der Waals surface area contributed by atoms with Crippen LogP contribution in [0.2, 0.25) is 0 Å². The molecule has 1 aliphatic heterocycles. The molecule has 1 N–H and O–H groups in total. The Morgan fingerprint density at radius 3 is 2.75 bits per heavy atom. The Balaban J connectivity index is 1.58. The number of methoxy groups -OCH3 is 1. The van der Waals surface area contributed by atoms with Gasteiger partial charge in [0.15, 0.2) is 5.82 Å². The molecule has 0 saturated carbocycles. The van der Waals surface area contributed by atoms with E-state index in [-0.39, 0.29) is 28.9 Å². The third-order valence-electron chi connectivity index (χ3n) is 5.38. The zero-order valence-corrected chi connectivity index (χ0v) is 18.7. The first kappa shape index (κ1) is 22.1. The van der Waals surface area contributed by atoms with Gasteiger partial charge in [0.2, 0.25) is 5.76 Å². The number of hydrogen-bond donors (Lipinski definition) is 1. The molecule has 9 nitrogen and oxygen atoms in total. The topological polar surface area (TPSA) is 111 Å². The summed E-state index contributed by atoms with van der Waals surface area (Å²) in [5.74, 6) is 0.0103. The van der Waals surface area contributed by atoms with Crippen molar-refractivity contribution in [3.8, 4) is 0 Å². The van der Waals surface area contributed by atoms with Crippen molar-refractivity contribution in [1.29, 1.82) is 0 Å². The Bertz CT molecular complexity index is 1220. The standard InChI is InChI=1S/C22H25N3O6S/c1-3-30-22(26)20-13-15-6-7-17(14-19(15)31-20)32(27,28)24-18-5-4-10-23-21(18)25-11-8-16(29-2)9-12-25/h4-7,10,13-14,16,24H,3,8-9,11-12H2,1-2H3. The average Bonchev–Trinajstić information content (AvgIpc) is 3.23. The molecule has 10 heteroatoms. The first-order chi connectivity index (χ1) is 15.4. The summed E-state index contributed by atoms with van der Waals surface area (Å²) in [7, 11) is -2.22. The van der Waals surface area contributed by atoms with Gasteiger partial charge in [-0.25, -0.2) is 18.2 Å². The maximum Gasteiger partial charge on any atom is 0.374 e. The molecule has 1 aromatic carbocycles. The summed E-state index contributed by atoms with van der Waals surface area (Å²) < 4.78 is 44.7. The second-order valence-electron chi connectivity index (χ2n) is 7.43. The summed E-state index contributed by atoms with van der Waals surface area (Å²) >= 11 is 0. The molecule has 3 aromatic rings. The summed E-state index contributed by atoms with van der Waals surface area (Å²) in [4.78, 5) is 18.4. The van der Waals surface area contributed by atoms with Gasteiger partial charge in [0.25, 0.3) is 10.0 Å². The van der Waals surface area contributed by atoms with E-state index in [0.29, 0.717) is 16.9 Å². The van der Waals surface area contributed by atoms with Crippen LogP contribution in [-0.4, -0.2) is 52.3 Å². The quantitative estimate of drug-likeness (QED) is 0.535. The molecule has 3 heterocycles. The predicted octanol–water partition coefficient (Wildman–Crippen LogP) is 3.42. The highest BCUT2D eigenvalue weighted by Gasteiger charge is 2.24. The van der Waals surface area contributed by atoms with E-state index < -0.39 is 16.0 Å². The Morgan fingerprint density at radius 2 is 2.03 bits per heavy atom. The number of benzene rings is 1. The van der Waals surface area contributed by atoms with Gasteiger partial charge in [-0.1, -0.05) is 0 Å². The molecule has 0 bridgehead atoms. The van der Waals surface area contributed by atoms with E-state index in [1.807, 2.05) is 0 Å². The summed E-state index contributed by atoms with van der Waals surface area (Å²) in [5, 5.41) is 0.607. The number of carbonyl (C=O) groups is 1. The van der Waals surface area contributed by atoms with Crippen LogP contribution in [0.15, 0.2) is 51.9 Å². The van der Waals surface area contributed by atoms with E-state index in [1.54, 1.807) is 38.4 Å². The number of carbonyl (C=O) groups excluding carboxylic acids is 1. The summed E-state index contributed by atoms with van der Waals surface area (Å²) in [6, 6.07) is 9.35. The monoisotopic (exact) mass is 459 g/mol. The number of sulfonamides is 1. The molecule has 4 rings (SSSR count). The first-order valence-corrected chi connectivity index (χ1v) is 11.9. The van der Waals surface area contributed by atoms with Crippen LogP contribution in [0.3, 0.4) is 0 Å². The van der Waals surface area contributed by atoms with E-state index in [2.05, 4.69) is 14.6 Å². The van der Waals surface area contributed by atoms with Gasteiger partial charge in [0, 0.05) is 37.8 Å². The largest absolute Gasteiger partial charge is 0.460 e. The third-order valence-corrected chi connectivity index (χ3v) is 6.75. The van der Waals surface area contributed by atoms with Crippen molar-refractivity contribution >= 4 is 38.5 Å². The highest BCUT2D eigenvalue weighted by Crippen LogP contribution is 2.30. The van der Waals surface area contributed by atoms with Gasteiger partial charge in [-0.2, -0.15) is 0 Å². The van der Waals surface area contributed by atoms with Crippen molar-refractivity contribution in [2.75, 3.05) is 36.4 Å². The lowest BCUT2D eigenvalue weighted by molar-refractivity contribution is 0.0492. The van der Waals surface area contributed by atoms with Gasteiger partial charge in [-0.05, 0) is 50.1 Å². The molecule has 0 unspecified atom stereocenters. The van der Waals surface area contributed by atoms with Gasteiger partial charge in [-0.3, -0.25) is 4.72 Å². The molecule has 2 aromatic heterocycles. The van der Waals surface area contributed by atoms with Gasteiger partial charge in [0.05, 0.1) is 23.3 Å². The van der Waals surface area contributed by atoms with Crippen LogP contribution in [0.1, 0.15) is 30.3 Å². The minimum atomic E-state index is -3.92. The van der Waals surface area contributed by atoms with E-state index in [1.165, 1.54) is 18.2 Å². The van der Waals surface area contributed by atoms with Crippen molar-refractivity contribution in [2.45, 2.75) is 30.8 Å². The molecule has 1 saturated heterocycles. The number of hydrogen-bond acceptors (Lipinski definition) is 8. The maximum atomic E-state index is 13.1. The number of esters is 1. The zero-order chi connectivity index (χ0) is 22.7. The predicted molar refractivity (Wildman–Crippen MR) is 119 cm³/mol. The third kappa shape index (κ3) is 4.56. The van der Waals surface area contributed by atoms with Crippen molar-refractivity contribution < 1.29 is 27.1 Å². The van der Waals surface area contributed by atoms with Crippen molar-refractivity contribution in [2.24, 2.45) is 0 Å². The number of anilines is 2. The number of rotatable bonds is 7. The van der Waals surface area contributed by atoms with Crippen LogP contribution >= 0.6 is 0 Å². The summed E-state index contributed by atoms with van der Waals surface area (Å²) in [5.41, 5.74) is 0.680. The Labute approximate surface area is 186 Å². The number of piperidine rings is 1. The molecule has 0 atom stereocenters. The summed E-state index contributed by atoms with van der Waals surface area (Å²) in [6.45, 7) is 3.36. The normalized spacial score (nSPS) is 15.1. The van der Waals surface area contributed by atoms with Crippen molar-refractivity contribution in [1.82, 2.24) is 4.98 Å². The zero-order valence-electron chi connectivity index (χ0n) is 17.9. The van der Waals surface area contributed by atoms with Crippen LogP contribution in [-0.2, 0) is 19.5 Å². The fraction of sp³-hybridized carbons (Fsp3) is 0.364. The minimum Gasteiger partial charge on any atom is -0.460 e. The highest BCUT2D eigenvalue weighted by molar-refractivity contribution is 7.92. The lowest BCUT2D eigenvalue weighted by Crippen LogP contribution is -2.37. The van der Waals surface area contributed by atoms with Gasteiger partial charge in [0.1, 0.15) is 5.58 Å². The molecular weight excluding hydrogens is 434 g/mol. The van der Waals surface area contributed by atoms with Crippen LogP contribution < -0.4 is 9.62 Å². The maximum absolute atomic E-state index is 13.1. The highest BCUT2D eigenvalue weighted by atomic mass is 32.2. The summed E-state index contributed by atoms with van der Waals surface area (Å²) in [6.07, 6.45) is 3.53. The Hall–Kier alpha value is -3.11. The molecule has 0 amide bonds. The fourth-order valence-electron chi connectivity index (χ4n) is 3.72. The van der Waals surface area contributed by atoms with E-state index in [0.717, 1.165) is 25.9 Å². The molecule has 1 aliphatic rings. The number of ether oxygens (including phenoxy) is 2. The molecule has 32 heavy (non-hydrogen) atoms. The van der Waals surface area contributed by atoms with Crippen molar-refractivity contribution in [3.63, 3.8) is 0 Å². The van der Waals surface area contributed by atoms with Crippen LogP contribution in [0.25, 0.3) is 11.0 Å². The molecule has 170 valence electrons. The van der Waals surface area contributed by atoms with Crippen LogP contribution in [0, 0.1) is 0 Å². The van der Waals surface area contributed by atoms with Gasteiger partial charge in [-0.15, -0.1) is 0 Å². The van der Waals surface area contributed by atoms with Crippen molar-refractivity contribution in [3.05, 3.63) is 48.4 Å².